The summed E-state index contributed by atoms with van der Waals surface area (Å²) < 4.78 is 5.27. The van der Waals surface area contributed by atoms with Crippen LogP contribution >= 0.6 is 0 Å². The highest BCUT2D eigenvalue weighted by Crippen LogP contribution is 2.20. The van der Waals surface area contributed by atoms with Crippen molar-refractivity contribution in [2.45, 2.75) is 58.6 Å². The summed E-state index contributed by atoms with van der Waals surface area (Å²) >= 11 is 0. The predicted octanol–water partition coefficient (Wildman–Crippen LogP) is 3.54. The van der Waals surface area contributed by atoms with Crippen LogP contribution in [0.3, 0.4) is 0 Å². The van der Waals surface area contributed by atoms with Gasteiger partial charge in [0.05, 0.1) is 6.42 Å². The van der Waals surface area contributed by atoms with E-state index in [4.69, 9.17) is 10.5 Å². The van der Waals surface area contributed by atoms with Crippen LogP contribution in [0.1, 0.15) is 64.1 Å². The first-order chi connectivity index (χ1) is 8.69. The van der Waals surface area contributed by atoms with Crippen molar-refractivity contribution in [3.63, 3.8) is 0 Å². The van der Waals surface area contributed by atoms with E-state index in [1.807, 2.05) is 32.9 Å². The Hall–Kier alpha value is -1.35. The predicted molar refractivity (Wildman–Crippen MR) is 77.9 cm³/mol. The van der Waals surface area contributed by atoms with Gasteiger partial charge in [0.15, 0.2) is 0 Å². The van der Waals surface area contributed by atoms with Crippen molar-refractivity contribution in [1.29, 1.82) is 0 Å². The van der Waals surface area contributed by atoms with Crippen LogP contribution in [-0.4, -0.2) is 11.6 Å². The van der Waals surface area contributed by atoms with E-state index in [0.29, 0.717) is 5.92 Å². The van der Waals surface area contributed by atoms with Gasteiger partial charge in [0.2, 0.25) is 0 Å². The molecule has 0 saturated heterocycles. The number of ether oxygens (including phenoxy) is 1. The third kappa shape index (κ3) is 5.43. The minimum Gasteiger partial charge on any atom is -0.460 e. The number of rotatable bonds is 4. The molecular weight excluding hydrogens is 238 g/mol. The quantitative estimate of drug-likeness (QED) is 0.845. The first-order valence-corrected chi connectivity index (χ1v) is 6.76. The smallest absolute Gasteiger partial charge is 0.308 e. The Bertz CT molecular complexity index is 415. The van der Waals surface area contributed by atoms with Crippen LogP contribution in [-0.2, 0) is 9.53 Å². The average Bonchev–Trinajstić information content (AvgIpc) is 2.26. The van der Waals surface area contributed by atoms with E-state index in [9.17, 15) is 4.79 Å². The molecule has 0 heterocycles. The standard InChI is InChI=1S/C16H25NO2/c1-11(2)12-6-8-13(9-7-12)14(17)10-15(18)19-16(3,4)5/h6-9,11,14H,10,17H2,1-5H3. The summed E-state index contributed by atoms with van der Waals surface area (Å²) in [4.78, 5) is 11.7. The highest BCUT2D eigenvalue weighted by atomic mass is 16.6. The topological polar surface area (TPSA) is 52.3 Å². The zero-order valence-electron chi connectivity index (χ0n) is 12.6. The second kappa shape index (κ2) is 6.20. The van der Waals surface area contributed by atoms with Crippen LogP contribution in [0.25, 0.3) is 0 Å². The number of hydrogen-bond donors (Lipinski definition) is 1. The Labute approximate surface area is 116 Å². The van der Waals surface area contributed by atoms with Gasteiger partial charge in [0.25, 0.3) is 0 Å². The Kier molecular flexibility index (Phi) is 5.12. The molecule has 0 amide bonds. The molecule has 1 unspecified atom stereocenters. The molecular formula is C16H25NO2. The number of hydrogen-bond acceptors (Lipinski definition) is 3. The normalized spacial score (nSPS) is 13.4. The maximum absolute atomic E-state index is 11.7. The SMILES string of the molecule is CC(C)c1ccc(C(N)CC(=O)OC(C)(C)C)cc1. The Morgan fingerprint density at radius 1 is 1.16 bits per heavy atom. The lowest BCUT2D eigenvalue weighted by Crippen LogP contribution is -2.26. The molecule has 3 nitrogen and oxygen atoms in total. The summed E-state index contributed by atoms with van der Waals surface area (Å²) in [5, 5.41) is 0. The van der Waals surface area contributed by atoms with Crippen LogP contribution in [0.2, 0.25) is 0 Å². The van der Waals surface area contributed by atoms with Crippen LogP contribution in [0, 0.1) is 0 Å². The molecule has 0 aliphatic carbocycles. The number of carbonyl (C=O) groups excluding carboxylic acids is 1. The molecule has 0 fully saturated rings. The summed E-state index contributed by atoms with van der Waals surface area (Å²) in [5.74, 6) is 0.240. The highest BCUT2D eigenvalue weighted by molar-refractivity contribution is 5.70. The van der Waals surface area contributed by atoms with Crippen LogP contribution in [0.15, 0.2) is 24.3 Å². The van der Waals surface area contributed by atoms with Crippen molar-refractivity contribution in [2.24, 2.45) is 5.73 Å². The molecule has 0 aliphatic heterocycles. The number of nitrogens with two attached hydrogens (primary N) is 1. The van der Waals surface area contributed by atoms with Crippen molar-refractivity contribution in [2.75, 3.05) is 0 Å². The molecule has 1 aromatic rings. The summed E-state index contributed by atoms with van der Waals surface area (Å²) in [5.41, 5.74) is 7.82. The molecule has 106 valence electrons. The zero-order chi connectivity index (χ0) is 14.6. The number of benzene rings is 1. The first kappa shape index (κ1) is 15.7. The highest BCUT2D eigenvalue weighted by Gasteiger charge is 2.19. The summed E-state index contributed by atoms with van der Waals surface area (Å²) in [7, 11) is 0. The molecule has 3 heteroatoms. The average molecular weight is 263 g/mol. The van der Waals surface area contributed by atoms with Crippen LogP contribution < -0.4 is 5.73 Å². The largest absolute Gasteiger partial charge is 0.460 e. The van der Waals surface area contributed by atoms with Crippen LogP contribution in [0.4, 0.5) is 0 Å². The van der Waals surface area contributed by atoms with E-state index >= 15 is 0 Å². The van der Waals surface area contributed by atoms with Gasteiger partial charge in [-0.15, -0.1) is 0 Å². The van der Waals surface area contributed by atoms with E-state index in [1.165, 1.54) is 5.56 Å². The van der Waals surface area contributed by atoms with Crippen molar-refractivity contribution < 1.29 is 9.53 Å². The molecule has 0 saturated carbocycles. The molecule has 0 aliphatic rings. The Balaban J connectivity index is 2.63. The third-order valence-electron chi connectivity index (χ3n) is 2.84. The lowest BCUT2D eigenvalue weighted by Gasteiger charge is -2.21. The fourth-order valence-corrected chi connectivity index (χ4v) is 1.81. The second-order valence-electron chi connectivity index (χ2n) is 6.22. The van der Waals surface area contributed by atoms with Crippen LogP contribution in [0.5, 0.6) is 0 Å². The second-order valence-corrected chi connectivity index (χ2v) is 6.22. The Morgan fingerprint density at radius 2 is 1.63 bits per heavy atom. The van der Waals surface area contributed by atoms with E-state index in [1.54, 1.807) is 0 Å². The lowest BCUT2D eigenvalue weighted by molar-refractivity contribution is -0.155. The fraction of sp³-hybridized carbons (Fsp3) is 0.562. The Morgan fingerprint density at radius 3 is 2.05 bits per heavy atom. The van der Waals surface area contributed by atoms with Crippen molar-refractivity contribution in [3.05, 3.63) is 35.4 Å². The molecule has 0 spiro atoms. The molecule has 0 aromatic heterocycles. The summed E-state index contributed by atoms with van der Waals surface area (Å²) in [6, 6.07) is 7.80. The van der Waals surface area contributed by atoms with Gasteiger partial charge in [0.1, 0.15) is 5.60 Å². The minimum atomic E-state index is -0.460. The maximum atomic E-state index is 11.7. The summed E-state index contributed by atoms with van der Waals surface area (Å²) in [6.45, 7) is 9.86. The van der Waals surface area contributed by atoms with E-state index < -0.39 is 5.60 Å². The van der Waals surface area contributed by atoms with Crippen molar-refractivity contribution >= 4 is 5.97 Å². The van der Waals surface area contributed by atoms with E-state index in [0.717, 1.165) is 5.56 Å². The lowest BCUT2D eigenvalue weighted by atomic mass is 9.98. The van der Waals surface area contributed by atoms with Gasteiger partial charge in [-0.2, -0.15) is 0 Å². The molecule has 1 rings (SSSR count). The van der Waals surface area contributed by atoms with Gasteiger partial charge >= 0.3 is 5.97 Å². The van der Waals surface area contributed by atoms with Gasteiger partial charge in [-0.05, 0) is 37.8 Å². The van der Waals surface area contributed by atoms with Crippen molar-refractivity contribution in [1.82, 2.24) is 0 Å². The molecule has 0 bridgehead atoms. The van der Waals surface area contributed by atoms with Gasteiger partial charge in [0, 0.05) is 6.04 Å². The maximum Gasteiger partial charge on any atom is 0.308 e. The minimum absolute atomic E-state index is 0.207. The van der Waals surface area contributed by atoms with Crippen molar-refractivity contribution in [3.8, 4) is 0 Å². The van der Waals surface area contributed by atoms with Gasteiger partial charge in [-0.1, -0.05) is 38.1 Å². The molecule has 19 heavy (non-hydrogen) atoms. The van der Waals surface area contributed by atoms with Gasteiger partial charge in [-0.25, -0.2) is 0 Å². The first-order valence-electron chi connectivity index (χ1n) is 6.76. The molecule has 1 aromatic carbocycles. The monoisotopic (exact) mass is 263 g/mol. The van der Waals surface area contributed by atoms with E-state index in [-0.39, 0.29) is 18.4 Å². The molecule has 1 atom stereocenters. The number of esters is 1. The number of carbonyl (C=O) groups is 1. The van der Waals surface area contributed by atoms with E-state index in [2.05, 4.69) is 26.0 Å². The fourth-order valence-electron chi connectivity index (χ4n) is 1.81. The zero-order valence-corrected chi connectivity index (χ0v) is 12.6. The third-order valence-corrected chi connectivity index (χ3v) is 2.84. The van der Waals surface area contributed by atoms with Gasteiger partial charge < -0.3 is 10.5 Å². The molecule has 2 N–H and O–H groups in total. The van der Waals surface area contributed by atoms with Gasteiger partial charge in [-0.3, -0.25) is 4.79 Å². The molecule has 0 radical (unpaired) electrons. The summed E-state index contributed by atoms with van der Waals surface area (Å²) in [6.07, 6.45) is 0.207.